The third kappa shape index (κ3) is 5.07. The topological polar surface area (TPSA) is 104 Å². The highest BCUT2D eigenvalue weighted by molar-refractivity contribution is 7.99. The maximum absolute atomic E-state index is 12.3. The van der Waals surface area contributed by atoms with E-state index in [9.17, 15) is 9.59 Å². The number of methoxy groups -OCH3 is 2. The number of nitrogens with one attached hydrogen (secondary N) is 1. The fourth-order valence-electron chi connectivity index (χ4n) is 2.42. The molecule has 10 heteroatoms. The third-order valence-electron chi connectivity index (χ3n) is 3.73. The molecule has 0 bridgehead atoms. The number of thioether (sulfide) groups is 1. The number of anilines is 1. The largest absolute Gasteiger partial charge is 0.496 e. The second-order valence-corrected chi connectivity index (χ2v) is 6.95. The minimum atomic E-state index is -0.537. The highest BCUT2D eigenvalue weighted by Crippen LogP contribution is 2.33. The molecular formula is C19H16ClN3O5S. The van der Waals surface area contributed by atoms with E-state index in [0.29, 0.717) is 22.0 Å². The number of rotatable bonds is 7. The first-order chi connectivity index (χ1) is 14.0. The van der Waals surface area contributed by atoms with Crippen LogP contribution in [0.5, 0.6) is 5.75 Å². The Morgan fingerprint density at radius 3 is 2.72 bits per heavy atom. The van der Waals surface area contributed by atoms with Gasteiger partial charge in [0.1, 0.15) is 5.75 Å². The van der Waals surface area contributed by atoms with Crippen LogP contribution in [-0.2, 0) is 9.53 Å². The highest BCUT2D eigenvalue weighted by Gasteiger charge is 2.17. The lowest BCUT2D eigenvalue weighted by atomic mass is 10.2. The van der Waals surface area contributed by atoms with Gasteiger partial charge in [0.05, 0.1) is 36.8 Å². The number of amides is 1. The van der Waals surface area contributed by atoms with E-state index in [1.165, 1.54) is 14.2 Å². The number of carbonyl (C=O) groups is 2. The zero-order chi connectivity index (χ0) is 20.8. The Kier molecular flexibility index (Phi) is 6.73. The van der Waals surface area contributed by atoms with Crippen LogP contribution >= 0.6 is 23.4 Å². The number of halogens is 1. The number of nitrogens with zero attached hydrogens (tertiary/aromatic N) is 2. The van der Waals surface area contributed by atoms with E-state index in [0.717, 1.165) is 11.8 Å². The molecule has 29 heavy (non-hydrogen) atoms. The van der Waals surface area contributed by atoms with Crippen molar-refractivity contribution < 1.29 is 23.5 Å². The normalized spacial score (nSPS) is 10.4. The summed E-state index contributed by atoms with van der Waals surface area (Å²) in [6.45, 7) is 0. The molecule has 2 aromatic carbocycles. The van der Waals surface area contributed by atoms with Gasteiger partial charge in [0.25, 0.3) is 11.1 Å². The van der Waals surface area contributed by atoms with Crippen LogP contribution in [0.3, 0.4) is 0 Å². The van der Waals surface area contributed by atoms with Crippen molar-refractivity contribution >= 4 is 40.9 Å². The highest BCUT2D eigenvalue weighted by atomic mass is 35.5. The molecule has 0 spiro atoms. The summed E-state index contributed by atoms with van der Waals surface area (Å²) >= 11 is 7.08. The van der Waals surface area contributed by atoms with Crippen LogP contribution in [0, 0.1) is 0 Å². The molecule has 0 atom stereocenters. The van der Waals surface area contributed by atoms with Crippen molar-refractivity contribution in [2.75, 3.05) is 25.3 Å². The maximum Gasteiger partial charge on any atom is 0.339 e. The first kappa shape index (κ1) is 20.7. The zero-order valence-corrected chi connectivity index (χ0v) is 17.0. The first-order valence-electron chi connectivity index (χ1n) is 8.29. The van der Waals surface area contributed by atoms with Gasteiger partial charge in [-0.1, -0.05) is 35.5 Å². The lowest BCUT2D eigenvalue weighted by Gasteiger charge is -2.08. The number of carbonyl (C=O) groups excluding carboxylic acids is 2. The maximum atomic E-state index is 12.3. The molecule has 1 aromatic heterocycles. The van der Waals surface area contributed by atoms with Gasteiger partial charge in [-0.2, -0.15) is 0 Å². The molecule has 1 amide bonds. The van der Waals surface area contributed by atoms with Gasteiger partial charge in [-0.05, 0) is 30.3 Å². The minimum absolute atomic E-state index is 0.00379. The average Bonchev–Trinajstić information content (AvgIpc) is 3.21. The van der Waals surface area contributed by atoms with Crippen LogP contribution in [0.2, 0.25) is 5.02 Å². The molecule has 1 heterocycles. The summed E-state index contributed by atoms with van der Waals surface area (Å²) in [5.74, 6) is -0.115. The Balaban J connectivity index is 1.66. The van der Waals surface area contributed by atoms with E-state index in [4.69, 9.17) is 25.5 Å². The summed E-state index contributed by atoms with van der Waals surface area (Å²) in [7, 11) is 2.80. The number of aromatic nitrogens is 2. The number of ether oxygens (including phenoxy) is 2. The van der Waals surface area contributed by atoms with Gasteiger partial charge in [-0.3, -0.25) is 4.79 Å². The van der Waals surface area contributed by atoms with E-state index in [-0.39, 0.29) is 28.3 Å². The van der Waals surface area contributed by atoms with Gasteiger partial charge in [-0.15, -0.1) is 10.2 Å². The van der Waals surface area contributed by atoms with Gasteiger partial charge < -0.3 is 19.2 Å². The summed E-state index contributed by atoms with van der Waals surface area (Å²) < 4.78 is 15.6. The van der Waals surface area contributed by atoms with Crippen molar-refractivity contribution in [1.82, 2.24) is 10.2 Å². The monoisotopic (exact) mass is 433 g/mol. The molecule has 0 aliphatic heterocycles. The molecule has 0 saturated carbocycles. The minimum Gasteiger partial charge on any atom is -0.496 e. The Labute approximate surface area is 175 Å². The van der Waals surface area contributed by atoms with Crippen LogP contribution in [0.4, 0.5) is 5.69 Å². The molecular weight excluding hydrogens is 418 g/mol. The second kappa shape index (κ2) is 9.44. The predicted octanol–water partition coefficient (Wildman–Crippen LogP) is 3.92. The third-order valence-corrected chi connectivity index (χ3v) is 4.79. The number of para-hydroxylation sites is 1. The number of esters is 1. The number of benzene rings is 2. The summed E-state index contributed by atoms with van der Waals surface area (Å²) in [5, 5.41) is 11.3. The quantitative estimate of drug-likeness (QED) is 0.441. The van der Waals surface area contributed by atoms with Gasteiger partial charge in [0, 0.05) is 5.02 Å². The zero-order valence-electron chi connectivity index (χ0n) is 15.5. The molecule has 1 N–H and O–H groups in total. The van der Waals surface area contributed by atoms with Crippen LogP contribution in [-0.4, -0.2) is 42.0 Å². The Morgan fingerprint density at radius 1 is 1.17 bits per heavy atom. The Hall–Kier alpha value is -3.04. The van der Waals surface area contributed by atoms with Crippen LogP contribution in [0.25, 0.3) is 11.5 Å². The molecule has 3 rings (SSSR count). The molecule has 0 radical (unpaired) electrons. The number of hydrogen-bond donors (Lipinski definition) is 1. The summed E-state index contributed by atoms with van der Waals surface area (Å²) in [6.07, 6.45) is 0. The average molecular weight is 434 g/mol. The van der Waals surface area contributed by atoms with Gasteiger partial charge in [-0.25, -0.2) is 4.79 Å². The summed E-state index contributed by atoms with van der Waals surface area (Å²) in [6, 6.07) is 11.6. The Bertz CT molecular complexity index is 1040. The van der Waals surface area contributed by atoms with E-state index < -0.39 is 5.97 Å². The molecule has 3 aromatic rings. The van der Waals surface area contributed by atoms with E-state index in [2.05, 4.69) is 15.5 Å². The van der Waals surface area contributed by atoms with E-state index in [1.807, 2.05) is 0 Å². The van der Waals surface area contributed by atoms with E-state index in [1.54, 1.807) is 42.5 Å². The Morgan fingerprint density at radius 2 is 1.97 bits per heavy atom. The predicted molar refractivity (Wildman–Crippen MR) is 108 cm³/mol. The first-order valence-corrected chi connectivity index (χ1v) is 9.65. The SMILES string of the molecule is COC(=O)c1ccccc1NC(=O)CSc1nnc(-c2cc(Cl)ccc2OC)o1. The van der Waals surface area contributed by atoms with Gasteiger partial charge in [0.15, 0.2) is 0 Å². The molecule has 0 aliphatic rings. The molecule has 0 saturated heterocycles. The van der Waals surface area contributed by atoms with Crippen molar-refractivity contribution in [2.45, 2.75) is 5.22 Å². The molecule has 0 aliphatic carbocycles. The van der Waals surface area contributed by atoms with Crippen molar-refractivity contribution in [3.8, 4) is 17.2 Å². The summed E-state index contributed by atoms with van der Waals surface area (Å²) in [4.78, 5) is 24.0. The van der Waals surface area contributed by atoms with E-state index >= 15 is 0 Å². The van der Waals surface area contributed by atoms with Gasteiger partial charge in [0.2, 0.25) is 5.91 Å². The standard InChI is InChI=1S/C19H16ClN3O5S/c1-26-15-8-7-11(20)9-13(15)17-22-23-19(28-17)29-10-16(24)21-14-6-4-3-5-12(14)18(25)27-2/h3-9H,10H2,1-2H3,(H,21,24). The van der Waals surface area contributed by atoms with Crippen LogP contribution < -0.4 is 10.1 Å². The van der Waals surface area contributed by atoms with Crippen molar-refractivity contribution in [2.24, 2.45) is 0 Å². The lowest BCUT2D eigenvalue weighted by Crippen LogP contribution is -2.17. The smallest absolute Gasteiger partial charge is 0.339 e. The van der Waals surface area contributed by atoms with Gasteiger partial charge >= 0.3 is 5.97 Å². The van der Waals surface area contributed by atoms with Crippen LogP contribution in [0.15, 0.2) is 52.1 Å². The molecule has 0 unspecified atom stereocenters. The number of hydrogen-bond acceptors (Lipinski definition) is 8. The van der Waals surface area contributed by atoms with Crippen molar-refractivity contribution in [1.29, 1.82) is 0 Å². The van der Waals surface area contributed by atoms with Crippen LogP contribution in [0.1, 0.15) is 10.4 Å². The lowest BCUT2D eigenvalue weighted by molar-refractivity contribution is -0.113. The fourth-order valence-corrected chi connectivity index (χ4v) is 3.15. The molecule has 8 nitrogen and oxygen atoms in total. The summed E-state index contributed by atoms with van der Waals surface area (Å²) in [5.41, 5.74) is 1.18. The molecule has 150 valence electrons. The second-order valence-electron chi connectivity index (χ2n) is 5.59. The molecule has 0 fully saturated rings. The van der Waals surface area contributed by atoms with Crippen molar-refractivity contribution in [3.05, 3.63) is 53.1 Å². The fraction of sp³-hybridized carbons (Fsp3) is 0.158. The van der Waals surface area contributed by atoms with Crippen molar-refractivity contribution in [3.63, 3.8) is 0 Å².